The summed E-state index contributed by atoms with van der Waals surface area (Å²) in [5, 5.41) is 3.24. The van der Waals surface area contributed by atoms with Crippen molar-refractivity contribution in [1.29, 1.82) is 0 Å². The summed E-state index contributed by atoms with van der Waals surface area (Å²) in [4.78, 5) is 2.34. The van der Waals surface area contributed by atoms with Crippen LogP contribution < -0.4 is 4.90 Å². The van der Waals surface area contributed by atoms with Crippen LogP contribution >= 0.6 is 11.6 Å². The molecule has 2 rings (SSSR count). The van der Waals surface area contributed by atoms with Crippen LogP contribution in [0.1, 0.15) is 13.8 Å². The zero-order valence-electron chi connectivity index (χ0n) is 9.70. The quantitative estimate of drug-likeness (QED) is 0.762. The molecule has 0 aromatic heterocycles. The molecule has 0 bridgehead atoms. The summed E-state index contributed by atoms with van der Waals surface area (Å²) in [6.07, 6.45) is 0. The van der Waals surface area contributed by atoms with E-state index >= 15 is 0 Å². The lowest BCUT2D eigenvalue weighted by molar-refractivity contribution is 0.867. The van der Waals surface area contributed by atoms with Gasteiger partial charge in [-0.15, -0.1) is 0 Å². The van der Waals surface area contributed by atoms with Crippen LogP contribution in [0.5, 0.6) is 0 Å². The van der Waals surface area contributed by atoms with Crippen LogP contribution in [0.3, 0.4) is 0 Å². The predicted molar refractivity (Wildman–Crippen MR) is 72.5 cm³/mol. The van der Waals surface area contributed by atoms with Crippen molar-refractivity contribution in [3.8, 4) is 0 Å². The Morgan fingerprint density at radius 2 is 1.56 bits per heavy atom. The van der Waals surface area contributed by atoms with E-state index < -0.39 is 0 Å². The van der Waals surface area contributed by atoms with Crippen LogP contribution in [-0.2, 0) is 0 Å². The van der Waals surface area contributed by atoms with E-state index in [9.17, 15) is 0 Å². The summed E-state index contributed by atoms with van der Waals surface area (Å²) in [6, 6.07) is 12.5. The Kier molecular flexibility index (Phi) is 3.35. The van der Waals surface area contributed by atoms with E-state index in [1.807, 2.05) is 12.1 Å². The summed E-state index contributed by atoms with van der Waals surface area (Å²) >= 11 is 5.97. The minimum absolute atomic E-state index is 0.795. The molecule has 2 aromatic carbocycles. The first kappa shape index (κ1) is 11.3. The molecule has 16 heavy (non-hydrogen) atoms. The summed E-state index contributed by atoms with van der Waals surface area (Å²) in [5.41, 5.74) is 1.28. The molecule has 0 radical (unpaired) electrons. The highest BCUT2D eigenvalue weighted by atomic mass is 35.5. The van der Waals surface area contributed by atoms with Crippen molar-refractivity contribution in [2.75, 3.05) is 18.0 Å². The van der Waals surface area contributed by atoms with E-state index in [4.69, 9.17) is 11.6 Å². The Morgan fingerprint density at radius 3 is 2.25 bits per heavy atom. The fraction of sp³-hybridized carbons (Fsp3) is 0.286. The Morgan fingerprint density at radius 1 is 0.938 bits per heavy atom. The minimum Gasteiger partial charge on any atom is -0.372 e. The number of hydrogen-bond donors (Lipinski definition) is 0. The number of hydrogen-bond acceptors (Lipinski definition) is 1. The molecule has 0 atom stereocenters. The number of rotatable bonds is 3. The van der Waals surface area contributed by atoms with Gasteiger partial charge in [0, 0.05) is 23.8 Å². The van der Waals surface area contributed by atoms with Crippen molar-refractivity contribution >= 4 is 28.1 Å². The number of fused-ring (bicyclic) bond motifs is 1. The molecule has 0 heterocycles. The third-order valence-electron chi connectivity index (χ3n) is 2.91. The fourth-order valence-corrected chi connectivity index (χ4v) is 2.17. The van der Waals surface area contributed by atoms with E-state index in [0.29, 0.717) is 0 Å². The molecule has 0 N–H and O–H groups in total. The van der Waals surface area contributed by atoms with E-state index in [0.717, 1.165) is 18.1 Å². The molecule has 0 saturated carbocycles. The summed E-state index contributed by atoms with van der Waals surface area (Å²) in [7, 11) is 0. The normalized spacial score (nSPS) is 10.7. The largest absolute Gasteiger partial charge is 0.372 e. The summed E-state index contributed by atoms with van der Waals surface area (Å²) in [5.74, 6) is 0. The lowest BCUT2D eigenvalue weighted by Crippen LogP contribution is -2.21. The van der Waals surface area contributed by atoms with Gasteiger partial charge in [-0.1, -0.05) is 23.7 Å². The van der Waals surface area contributed by atoms with Gasteiger partial charge in [-0.25, -0.2) is 0 Å². The summed E-state index contributed by atoms with van der Waals surface area (Å²) in [6.45, 7) is 6.43. The van der Waals surface area contributed by atoms with Gasteiger partial charge in [0.05, 0.1) is 0 Å². The van der Waals surface area contributed by atoms with Crippen LogP contribution in [-0.4, -0.2) is 13.1 Å². The number of nitrogens with zero attached hydrogens (tertiary/aromatic N) is 1. The van der Waals surface area contributed by atoms with Gasteiger partial charge in [0.1, 0.15) is 0 Å². The van der Waals surface area contributed by atoms with Crippen molar-refractivity contribution in [3.05, 3.63) is 41.4 Å². The number of halogens is 1. The molecule has 0 aliphatic carbocycles. The fourth-order valence-electron chi connectivity index (χ4n) is 1.99. The smallest absolute Gasteiger partial charge is 0.0412 e. The molecule has 2 heteroatoms. The maximum atomic E-state index is 5.97. The van der Waals surface area contributed by atoms with E-state index in [2.05, 4.69) is 43.0 Å². The van der Waals surface area contributed by atoms with Gasteiger partial charge in [0.25, 0.3) is 0 Å². The molecular formula is C14H16ClN. The van der Waals surface area contributed by atoms with Gasteiger partial charge in [0.15, 0.2) is 0 Å². The van der Waals surface area contributed by atoms with E-state index in [1.54, 1.807) is 0 Å². The third kappa shape index (κ3) is 2.14. The molecule has 2 aromatic rings. The lowest BCUT2D eigenvalue weighted by Gasteiger charge is -2.21. The van der Waals surface area contributed by atoms with E-state index in [-0.39, 0.29) is 0 Å². The monoisotopic (exact) mass is 233 g/mol. The standard InChI is InChI=1S/C14H16ClN/c1-3-16(4-2)14-8-6-11-9-13(15)7-5-12(11)10-14/h5-10H,3-4H2,1-2H3. The van der Waals surface area contributed by atoms with Crippen LogP contribution in [0.25, 0.3) is 10.8 Å². The lowest BCUT2D eigenvalue weighted by atomic mass is 10.1. The van der Waals surface area contributed by atoms with Crippen molar-refractivity contribution in [2.45, 2.75) is 13.8 Å². The maximum Gasteiger partial charge on any atom is 0.0412 e. The third-order valence-corrected chi connectivity index (χ3v) is 3.15. The van der Waals surface area contributed by atoms with E-state index in [1.165, 1.54) is 16.5 Å². The number of anilines is 1. The predicted octanol–water partition coefficient (Wildman–Crippen LogP) is 4.34. The van der Waals surface area contributed by atoms with Gasteiger partial charge in [-0.3, -0.25) is 0 Å². The second-order valence-electron chi connectivity index (χ2n) is 3.85. The average Bonchev–Trinajstić information content (AvgIpc) is 2.31. The van der Waals surface area contributed by atoms with Crippen molar-refractivity contribution in [3.63, 3.8) is 0 Å². The highest BCUT2D eigenvalue weighted by Gasteiger charge is 2.02. The second kappa shape index (κ2) is 4.75. The molecule has 0 fully saturated rings. The molecular weight excluding hydrogens is 218 g/mol. The number of benzene rings is 2. The molecule has 0 unspecified atom stereocenters. The Labute approximate surface area is 102 Å². The van der Waals surface area contributed by atoms with Crippen LogP contribution in [0.4, 0.5) is 5.69 Å². The molecule has 0 aliphatic heterocycles. The molecule has 1 nitrogen and oxygen atoms in total. The zero-order valence-corrected chi connectivity index (χ0v) is 10.5. The van der Waals surface area contributed by atoms with Crippen LogP contribution in [0.15, 0.2) is 36.4 Å². The van der Waals surface area contributed by atoms with Gasteiger partial charge in [0.2, 0.25) is 0 Å². The molecule has 0 saturated heterocycles. The van der Waals surface area contributed by atoms with Gasteiger partial charge >= 0.3 is 0 Å². The molecule has 84 valence electrons. The zero-order chi connectivity index (χ0) is 11.5. The maximum absolute atomic E-state index is 5.97. The highest BCUT2D eigenvalue weighted by Crippen LogP contribution is 2.24. The Balaban J connectivity index is 2.47. The van der Waals surface area contributed by atoms with Gasteiger partial charge in [-0.2, -0.15) is 0 Å². The first-order valence-corrected chi connectivity index (χ1v) is 6.06. The van der Waals surface area contributed by atoms with Gasteiger partial charge < -0.3 is 4.90 Å². The first-order chi connectivity index (χ1) is 7.74. The van der Waals surface area contributed by atoms with Crippen molar-refractivity contribution < 1.29 is 0 Å². The van der Waals surface area contributed by atoms with Crippen LogP contribution in [0.2, 0.25) is 5.02 Å². The summed E-state index contributed by atoms with van der Waals surface area (Å²) < 4.78 is 0. The molecule has 0 aliphatic rings. The average molecular weight is 234 g/mol. The minimum atomic E-state index is 0.795. The SMILES string of the molecule is CCN(CC)c1ccc2cc(Cl)ccc2c1. The van der Waals surface area contributed by atoms with Crippen molar-refractivity contribution in [2.24, 2.45) is 0 Å². The Bertz CT molecular complexity index is 489. The second-order valence-corrected chi connectivity index (χ2v) is 4.28. The van der Waals surface area contributed by atoms with Gasteiger partial charge in [-0.05, 0) is 48.9 Å². The topological polar surface area (TPSA) is 3.24 Å². The Hall–Kier alpha value is -1.21. The first-order valence-electron chi connectivity index (χ1n) is 5.69. The molecule has 0 spiro atoms. The van der Waals surface area contributed by atoms with Crippen LogP contribution in [0, 0.1) is 0 Å². The molecule has 0 amide bonds. The van der Waals surface area contributed by atoms with Crippen molar-refractivity contribution in [1.82, 2.24) is 0 Å². The highest BCUT2D eigenvalue weighted by molar-refractivity contribution is 6.31.